The van der Waals surface area contributed by atoms with Crippen LogP contribution in [0.15, 0.2) is 12.3 Å². The van der Waals surface area contributed by atoms with Crippen molar-refractivity contribution in [2.45, 2.75) is 25.0 Å². The average Bonchev–Trinajstić information content (AvgIpc) is 2.27. The maximum atomic E-state index is 5.65. The van der Waals surface area contributed by atoms with Crippen LogP contribution in [0.1, 0.15) is 19.3 Å². The summed E-state index contributed by atoms with van der Waals surface area (Å²) in [5, 5.41) is 0. The lowest BCUT2D eigenvalue weighted by Gasteiger charge is -2.37. The molecule has 1 fully saturated rings. The van der Waals surface area contributed by atoms with E-state index < -0.39 is 5.79 Å². The third-order valence-electron chi connectivity index (χ3n) is 2.31. The average molecular weight is 232 g/mol. The highest BCUT2D eigenvalue weighted by molar-refractivity contribution is 4.92. The molecule has 16 heavy (non-hydrogen) atoms. The Morgan fingerprint density at radius 2 is 2.06 bits per heavy atom. The van der Waals surface area contributed by atoms with Crippen molar-refractivity contribution >= 4 is 0 Å². The lowest BCUT2D eigenvalue weighted by Crippen LogP contribution is -2.43. The molecule has 1 aliphatic rings. The Labute approximate surface area is 96.3 Å². The van der Waals surface area contributed by atoms with Gasteiger partial charge in [0.2, 0.25) is 5.79 Å². The van der Waals surface area contributed by atoms with Crippen molar-refractivity contribution in [3.8, 4) is 0 Å². The van der Waals surface area contributed by atoms with Gasteiger partial charge in [-0.3, -0.25) is 0 Å². The van der Waals surface area contributed by atoms with E-state index in [-0.39, 0.29) is 13.6 Å². The van der Waals surface area contributed by atoms with Gasteiger partial charge in [-0.05, 0) is 6.42 Å². The number of methoxy groups -OCH3 is 2. The second-order valence-corrected chi connectivity index (χ2v) is 3.71. The molecule has 0 aromatic heterocycles. The summed E-state index contributed by atoms with van der Waals surface area (Å²) in [6.07, 6.45) is 2.60. The topological polar surface area (TPSA) is 46.2 Å². The number of allylic oxidation sites excluding steroid dienone is 1. The molecule has 0 aromatic carbocycles. The maximum absolute atomic E-state index is 5.65. The van der Waals surface area contributed by atoms with Crippen molar-refractivity contribution in [3.63, 3.8) is 0 Å². The van der Waals surface area contributed by atoms with Crippen LogP contribution in [0.5, 0.6) is 0 Å². The fourth-order valence-corrected chi connectivity index (χ4v) is 1.61. The van der Waals surface area contributed by atoms with Gasteiger partial charge in [-0.25, -0.2) is 0 Å². The number of hydrogen-bond acceptors (Lipinski definition) is 5. The Morgan fingerprint density at radius 1 is 1.31 bits per heavy atom. The number of rotatable bonds is 7. The van der Waals surface area contributed by atoms with Crippen molar-refractivity contribution in [2.75, 3.05) is 34.4 Å². The molecule has 1 heterocycles. The molecule has 0 saturated carbocycles. The summed E-state index contributed by atoms with van der Waals surface area (Å²) in [4.78, 5) is 0. The zero-order valence-corrected chi connectivity index (χ0v) is 9.99. The summed E-state index contributed by atoms with van der Waals surface area (Å²) in [6.45, 7) is 4.51. The van der Waals surface area contributed by atoms with Crippen molar-refractivity contribution < 1.29 is 23.7 Å². The molecule has 1 unspecified atom stereocenters. The monoisotopic (exact) mass is 232 g/mol. The second kappa shape index (κ2) is 6.85. The summed E-state index contributed by atoms with van der Waals surface area (Å²) in [5.41, 5.74) is 0. The lowest BCUT2D eigenvalue weighted by atomic mass is 10.0. The first-order valence-corrected chi connectivity index (χ1v) is 5.29. The highest BCUT2D eigenvalue weighted by atomic mass is 16.8. The van der Waals surface area contributed by atoms with Crippen LogP contribution in [-0.4, -0.2) is 40.2 Å². The van der Waals surface area contributed by atoms with Gasteiger partial charge in [0.25, 0.3) is 0 Å². The predicted molar refractivity (Wildman–Crippen MR) is 57.6 cm³/mol. The molecule has 0 amide bonds. The molecule has 1 saturated heterocycles. The Kier molecular flexibility index (Phi) is 5.76. The van der Waals surface area contributed by atoms with Crippen LogP contribution in [-0.2, 0) is 23.7 Å². The summed E-state index contributed by atoms with van der Waals surface area (Å²) in [6, 6.07) is 0. The molecule has 0 bridgehead atoms. The fourth-order valence-electron chi connectivity index (χ4n) is 1.61. The zero-order chi connectivity index (χ0) is 11.9. The first-order chi connectivity index (χ1) is 7.72. The molecule has 1 aliphatic heterocycles. The van der Waals surface area contributed by atoms with E-state index in [4.69, 9.17) is 23.7 Å². The Morgan fingerprint density at radius 3 is 2.69 bits per heavy atom. The second-order valence-electron chi connectivity index (χ2n) is 3.71. The maximum Gasteiger partial charge on any atom is 0.235 e. The minimum atomic E-state index is -0.774. The van der Waals surface area contributed by atoms with Crippen LogP contribution in [0.25, 0.3) is 0 Å². The Balaban J connectivity index is 2.48. The van der Waals surface area contributed by atoms with Crippen LogP contribution >= 0.6 is 0 Å². The minimum Gasteiger partial charge on any atom is -0.465 e. The third kappa shape index (κ3) is 4.09. The molecule has 0 spiro atoms. The van der Waals surface area contributed by atoms with E-state index in [1.165, 1.54) is 0 Å². The number of hydrogen-bond donors (Lipinski definition) is 0. The van der Waals surface area contributed by atoms with E-state index in [2.05, 4.69) is 6.58 Å². The van der Waals surface area contributed by atoms with E-state index >= 15 is 0 Å². The summed E-state index contributed by atoms with van der Waals surface area (Å²) in [7, 11) is 3.14. The van der Waals surface area contributed by atoms with Crippen molar-refractivity contribution in [1.82, 2.24) is 0 Å². The third-order valence-corrected chi connectivity index (χ3v) is 2.31. The van der Waals surface area contributed by atoms with Crippen LogP contribution < -0.4 is 0 Å². The highest BCUT2D eigenvalue weighted by Crippen LogP contribution is 2.31. The van der Waals surface area contributed by atoms with Crippen molar-refractivity contribution in [1.29, 1.82) is 0 Å². The summed E-state index contributed by atoms with van der Waals surface area (Å²) < 4.78 is 26.2. The molecule has 1 atom stereocenters. The quantitative estimate of drug-likeness (QED) is 0.493. The summed E-state index contributed by atoms with van der Waals surface area (Å²) in [5.74, 6) is -0.0486. The molecule has 0 aromatic rings. The standard InChI is InChI=1S/C11H20O5/c1-10-5-4-6-11(16-10,15-9-13-3)7-14-8-12-2/h1,4-9H2,2-3H3. The molecule has 94 valence electrons. The number of ether oxygens (including phenoxy) is 5. The van der Waals surface area contributed by atoms with Gasteiger partial charge < -0.3 is 23.7 Å². The van der Waals surface area contributed by atoms with Gasteiger partial charge in [-0.15, -0.1) is 0 Å². The van der Waals surface area contributed by atoms with Crippen LogP contribution in [0.2, 0.25) is 0 Å². The van der Waals surface area contributed by atoms with E-state index in [0.29, 0.717) is 6.61 Å². The van der Waals surface area contributed by atoms with Gasteiger partial charge in [-0.1, -0.05) is 6.58 Å². The van der Waals surface area contributed by atoms with E-state index in [0.717, 1.165) is 25.0 Å². The smallest absolute Gasteiger partial charge is 0.235 e. The molecule has 0 N–H and O–H groups in total. The van der Waals surface area contributed by atoms with Crippen LogP contribution in [0.3, 0.4) is 0 Å². The molecular formula is C11H20O5. The van der Waals surface area contributed by atoms with Gasteiger partial charge >= 0.3 is 0 Å². The van der Waals surface area contributed by atoms with Gasteiger partial charge in [-0.2, -0.15) is 0 Å². The zero-order valence-electron chi connectivity index (χ0n) is 9.99. The molecule has 0 radical (unpaired) electrons. The van der Waals surface area contributed by atoms with Gasteiger partial charge in [0, 0.05) is 27.1 Å². The van der Waals surface area contributed by atoms with Gasteiger partial charge in [0.1, 0.15) is 13.4 Å². The Hall–Kier alpha value is -0.620. The first-order valence-electron chi connectivity index (χ1n) is 5.29. The molecule has 0 aliphatic carbocycles. The molecule has 1 rings (SSSR count). The molecule has 5 heteroatoms. The van der Waals surface area contributed by atoms with E-state index in [1.54, 1.807) is 14.2 Å². The van der Waals surface area contributed by atoms with Gasteiger partial charge in [0.15, 0.2) is 6.79 Å². The first kappa shape index (κ1) is 13.4. The van der Waals surface area contributed by atoms with Crippen LogP contribution in [0.4, 0.5) is 0 Å². The SMILES string of the molecule is C=C1CCCC(COCOC)(OCOC)O1. The summed E-state index contributed by atoms with van der Waals surface area (Å²) >= 11 is 0. The normalized spacial score (nSPS) is 25.5. The van der Waals surface area contributed by atoms with E-state index in [9.17, 15) is 0 Å². The van der Waals surface area contributed by atoms with Crippen molar-refractivity contribution in [3.05, 3.63) is 12.3 Å². The Bertz CT molecular complexity index is 218. The lowest BCUT2D eigenvalue weighted by molar-refractivity contribution is -0.290. The molecule has 5 nitrogen and oxygen atoms in total. The largest absolute Gasteiger partial charge is 0.465 e. The predicted octanol–water partition coefficient (Wildman–Crippen LogP) is 1.64. The van der Waals surface area contributed by atoms with E-state index in [1.807, 2.05) is 0 Å². The highest BCUT2D eigenvalue weighted by Gasteiger charge is 2.37. The minimum absolute atomic E-state index is 0.170. The molecular weight excluding hydrogens is 212 g/mol. The van der Waals surface area contributed by atoms with Crippen molar-refractivity contribution in [2.24, 2.45) is 0 Å². The van der Waals surface area contributed by atoms with Gasteiger partial charge in [0.05, 0.1) is 5.76 Å². The van der Waals surface area contributed by atoms with Crippen LogP contribution in [0, 0.1) is 0 Å². The fraction of sp³-hybridized carbons (Fsp3) is 0.818.